The Labute approximate surface area is 94.8 Å². The van der Waals surface area contributed by atoms with Crippen molar-refractivity contribution >= 4 is 0 Å². The van der Waals surface area contributed by atoms with Crippen molar-refractivity contribution in [2.75, 3.05) is 13.2 Å². The monoisotopic (exact) mass is 238 g/mol. The molecule has 98 valence electrons. The Morgan fingerprint density at radius 1 is 0.938 bits per heavy atom. The minimum absolute atomic E-state index is 0.0354. The van der Waals surface area contributed by atoms with Crippen LogP contribution < -0.4 is 0 Å². The van der Waals surface area contributed by atoms with E-state index >= 15 is 0 Å². The summed E-state index contributed by atoms with van der Waals surface area (Å²) < 4.78 is 0. The molecule has 0 aromatic rings. The van der Waals surface area contributed by atoms with E-state index < -0.39 is 24.6 Å². The zero-order valence-corrected chi connectivity index (χ0v) is 9.29. The van der Waals surface area contributed by atoms with Gasteiger partial charge in [0.25, 0.3) is 0 Å². The van der Waals surface area contributed by atoms with Crippen LogP contribution in [0.25, 0.3) is 0 Å². The number of aliphatic hydroxyl groups is 6. The van der Waals surface area contributed by atoms with Gasteiger partial charge in [-0.15, -0.1) is 0 Å². The van der Waals surface area contributed by atoms with Crippen LogP contribution >= 0.6 is 0 Å². The van der Waals surface area contributed by atoms with E-state index in [-0.39, 0.29) is 19.4 Å². The molecule has 2 unspecified atom stereocenters. The molecule has 0 radical (unpaired) electrons. The molecule has 2 atom stereocenters. The first kappa shape index (κ1) is 15.8. The summed E-state index contributed by atoms with van der Waals surface area (Å²) >= 11 is 0. The van der Waals surface area contributed by atoms with Gasteiger partial charge < -0.3 is 30.6 Å². The maximum absolute atomic E-state index is 9.48. The van der Waals surface area contributed by atoms with Gasteiger partial charge in [0.1, 0.15) is 6.10 Å². The normalized spacial score (nSPS) is 16.1. The van der Waals surface area contributed by atoms with Crippen molar-refractivity contribution < 1.29 is 30.6 Å². The van der Waals surface area contributed by atoms with Gasteiger partial charge in [-0.25, -0.2) is 0 Å². The van der Waals surface area contributed by atoms with Gasteiger partial charge in [0.2, 0.25) is 0 Å². The standard InChI is InChI=1S/C10H22O6/c11-5-3-1-2-4-10(15,16)9(14)6-8(13)7-12/h8-9,11-16H,1-7H2. The van der Waals surface area contributed by atoms with Gasteiger partial charge in [-0.05, 0) is 12.8 Å². The summed E-state index contributed by atoms with van der Waals surface area (Å²) in [5, 5.41) is 54.5. The third-order valence-corrected chi connectivity index (χ3v) is 2.44. The van der Waals surface area contributed by atoms with Crippen LogP contribution in [-0.2, 0) is 0 Å². The van der Waals surface area contributed by atoms with Crippen LogP contribution in [-0.4, -0.2) is 61.8 Å². The maximum Gasteiger partial charge on any atom is 0.189 e. The second-order valence-electron chi connectivity index (χ2n) is 4.00. The number of aliphatic hydroxyl groups excluding tert-OH is 4. The number of rotatable bonds is 9. The van der Waals surface area contributed by atoms with Gasteiger partial charge in [-0.2, -0.15) is 0 Å². The fraction of sp³-hybridized carbons (Fsp3) is 1.00. The molecule has 0 saturated carbocycles. The van der Waals surface area contributed by atoms with Crippen LogP contribution in [0.4, 0.5) is 0 Å². The SMILES string of the molecule is OCCCCCC(O)(O)C(O)CC(O)CO. The zero-order valence-electron chi connectivity index (χ0n) is 9.29. The first-order valence-electron chi connectivity index (χ1n) is 5.46. The minimum Gasteiger partial charge on any atom is -0.396 e. The molecule has 0 aliphatic heterocycles. The van der Waals surface area contributed by atoms with Gasteiger partial charge in [-0.1, -0.05) is 6.42 Å². The third-order valence-electron chi connectivity index (χ3n) is 2.44. The largest absolute Gasteiger partial charge is 0.396 e. The van der Waals surface area contributed by atoms with E-state index in [0.29, 0.717) is 19.3 Å². The van der Waals surface area contributed by atoms with Crippen molar-refractivity contribution in [1.82, 2.24) is 0 Å². The minimum atomic E-state index is -2.26. The van der Waals surface area contributed by atoms with E-state index in [1.807, 2.05) is 0 Å². The van der Waals surface area contributed by atoms with E-state index in [9.17, 15) is 15.3 Å². The van der Waals surface area contributed by atoms with Gasteiger partial charge in [0.15, 0.2) is 5.79 Å². The maximum atomic E-state index is 9.48. The molecule has 6 nitrogen and oxygen atoms in total. The summed E-state index contributed by atoms with van der Waals surface area (Å²) in [5.41, 5.74) is 0. The quantitative estimate of drug-likeness (QED) is 0.211. The second-order valence-corrected chi connectivity index (χ2v) is 4.00. The highest BCUT2D eigenvalue weighted by Crippen LogP contribution is 2.19. The predicted octanol–water partition coefficient (Wildman–Crippen LogP) is -1.68. The molecule has 0 amide bonds. The van der Waals surface area contributed by atoms with Crippen LogP contribution in [0.3, 0.4) is 0 Å². The number of unbranched alkanes of at least 4 members (excludes halogenated alkanes) is 2. The average molecular weight is 238 g/mol. The molecular weight excluding hydrogens is 216 g/mol. The lowest BCUT2D eigenvalue weighted by Gasteiger charge is -2.28. The lowest BCUT2D eigenvalue weighted by Crippen LogP contribution is -2.44. The number of hydrogen-bond donors (Lipinski definition) is 6. The first-order valence-corrected chi connectivity index (χ1v) is 5.46. The third kappa shape index (κ3) is 6.37. The average Bonchev–Trinajstić information content (AvgIpc) is 2.24. The summed E-state index contributed by atoms with van der Waals surface area (Å²) in [7, 11) is 0. The van der Waals surface area contributed by atoms with Crippen molar-refractivity contribution in [3.05, 3.63) is 0 Å². The zero-order chi connectivity index (χ0) is 12.6. The lowest BCUT2D eigenvalue weighted by atomic mass is 9.98. The van der Waals surface area contributed by atoms with Gasteiger partial charge in [0.05, 0.1) is 12.7 Å². The van der Waals surface area contributed by atoms with Gasteiger partial charge in [0, 0.05) is 19.4 Å². The molecule has 0 aromatic carbocycles. The molecule has 0 aliphatic rings. The Bertz CT molecular complexity index is 173. The second kappa shape index (κ2) is 7.94. The van der Waals surface area contributed by atoms with Crippen LogP contribution in [0.5, 0.6) is 0 Å². The van der Waals surface area contributed by atoms with E-state index in [4.69, 9.17) is 15.3 Å². The molecule has 0 bridgehead atoms. The Hall–Kier alpha value is -0.240. The van der Waals surface area contributed by atoms with Crippen molar-refractivity contribution in [2.24, 2.45) is 0 Å². The van der Waals surface area contributed by atoms with Crippen LogP contribution in [0.2, 0.25) is 0 Å². The molecule has 0 heterocycles. The molecule has 0 saturated heterocycles. The smallest absolute Gasteiger partial charge is 0.189 e. The van der Waals surface area contributed by atoms with E-state index in [2.05, 4.69) is 0 Å². The molecule has 6 heteroatoms. The molecule has 0 aliphatic carbocycles. The highest BCUT2D eigenvalue weighted by atomic mass is 16.5. The molecule has 0 rings (SSSR count). The Morgan fingerprint density at radius 2 is 1.56 bits per heavy atom. The molecule has 0 spiro atoms. The topological polar surface area (TPSA) is 121 Å². The molecule has 0 fully saturated rings. The van der Waals surface area contributed by atoms with Gasteiger partial charge in [-0.3, -0.25) is 0 Å². The summed E-state index contributed by atoms with van der Waals surface area (Å²) in [6.45, 7) is -0.479. The highest BCUT2D eigenvalue weighted by Gasteiger charge is 2.33. The van der Waals surface area contributed by atoms with Crippen molar-refractivity contribution in [1.29, 1.82) is 0 Å². The van der Waals surface area contributed by atoms with Crippen molar-refractivity contribution in [3.63, 3.8) is 0 Å². The molecule has 0 aromatic heterocycles. The van der Waals surface area contributed by atoms with Crippen LogP contribution in [0.1, 0.15) is 32.1 Å². The summed E-state index contributed by atoms with van der Waals surface area (Å²) in [6.07, 6.45) is -1.31. The lowest BCUT2D eigenvalue weighted by molar-refractivity contribution is -0.235. The Balaban J connectivity index is 3.89. The summed E-state index contributed by atoms with van der Waals surface area (Å²) in [6, 6.07) is 0. The Kier molecular flexibility index (Phi) is 7.82. The molecular formula is C10H22O6. The number of hydrogen-bond acceptors (Lipinski definition) is 6. The molecule has 16 heavy (non-hydrogen) atoms. The van der Waals surface area contributed by atoms with E-state index in [0.717, 1.165) is 0 Å². The highest BCUT2D eigenvalue weighted by molar-refractivity contribution is 4.77. The van der Waals surface area contributed by atoms with E-state index in [1.54, 1.807) is 0 Å². The molecule has 6 N–H and O–H groups in total. The van der Waals surface area contributed by atoms with Crippen LogP contribution in [0.15, 0.2) is 0 Å². The fourth-order valence-electron chi connectivity index (χ4n) is 1.36. The predicted molar refractivity (Wildman–Crippen MR) is 56.4 cm³/mol. The Morgan fingerprint density at radius 3 is 2.06 bits per heavy atom. The summed E-state index contributed by atoms with van der Waals surface area (Å²) in [5.74, 6) is -2.26. The summed E-state index contributed by atoms with van der Waals surface area (Å²) in [4.78, 5) is 0. The van der Waals surface area contributed by atoms with E-state index in [1.165, 1.54) is 0 Å². The first-order chi connectivity index (χ1) is 7.44. The fourth-order valence-corrected chi connectivity index (χ4v) is 1.36. The van der Waals surface area contributed by atoms with Crippen molar-refractivity contribution in [3.8, 4) is 0 Å². The van der Waals surface area contributed by atoms with Crippen molar-refractivity contribution in [2.45, 2.75) is 50.1 Å². The van der Waals surface area contributed by atoms with Gasteiger partial charge >= 0.3 is 0 Å². The van der Waals surface area contributed by atoms with Crippen LogP contribution in [0, 0.1) is 0 Å².